The van der Waals surface area contributed by atoms with Crippen molar-refractivity contribution in [2.45, 2.75) is 39.2 Å². The third-order valence-electron chi connectivity index (χ3n) is 1.88. The van der Waals surface area contributed by atoms with Crippen LogP contribution in [-0.4, -0.2) is 37.0 Å². The maximum atomic E-state index is 9.78. The fraction of sp³-hybridized carbons (Fsp3) is 1.00. The van der Waals surface area contributed by atoms with E-state index < -0.39 is 5.60 Å². The van der Waals surface area contributed by atoms with Gasteiger partial charge in [0, 0.05) is 6.61 Å². The van der Waals surface area contributed by atoms with Crippen LogP contribution in [0.5, 0.6) is 0 Å². The van der Waals surface area contributed by atoms with Gasteiger partial charge in [-0.15, -0.1) is 0 Å². The first-order valence-corrected chi connectivity index (χ1v) is 5.13. The second-order valence-corrected chi connectivity index (χ2v) is 3.63. The Kier molecular flexibility index (Phi) is 7.23. The molecule has 0 aliphatic carbocycles. The van der Waals surface area contributed by atoms with Gasteiger partial charge in [-0.2, -0.15) is 0 Å². The van der Waals surface area contributed by atoms with E-state index in [0.29, 0.717) is 13.2 Å². The van der Waals surface area contributed by atoms with E-state index in [1.54, 1.807) is 0 Å². The summed E-state index contributed by atoms with van der Waals surface area (Å²) < 4.78 is 5.18. The fourth-order valence-electron chi connectivity index (χ4n) is 1.05. The van der Waals surface area contributed by atoms with Crippen molar-refractivity contribution >= 4 is 0 Å². The van der Waals surface area contributed by atoms with Crippen molar-refractivity contribution in [2.75, 3.05) is 26.3 Å². The molecule has 3 nitrogen and oxygen atoms in total. The second kappa shape index (κ2) is 7.30. The average Bonchev–Trinajstić information content (AvgIpc) is 2.09. The Hall–Kier alpha value is -0.120. The van der Waals surface area contributed by atoms with Gasteiger partial charge in [0.05, 0.1) is 12.2 Å². The van der Waals surface area contributed by atoms with Crippen LogP contribution >= 0.6 is 0 Å². The molecule has 0 amide bonds. The molecule has 1 atom stereocenters. The van der Waals surface area contributed by atoms with Crippen LogP contribution in [0.3, 0.4) is 0 Å². The molecule has 0 aromatic heterocycles. The lowest BCUT2D eigenvalue weighted by atomic mass is 10.0. The highest BCUT2D eigenvalue weighted by Crippen LogP contribution is 2.08. The molecule has 0 aromatic carbocycles. The summed E-state index contributed by atoms with van der Waals surface area (Å²) in [7, 11) is 0. The molecule has 0 bridgehead atoms. The molecule has 0 heterocycles. The molecule has 2 N–H and O–H groups in total. The van der Waals surface area contributed by atoms with Gasteiger partial charge in [0.15, 0.2) is 0 Å². The minimum absolute atomic E-state index is 0.428. The first kappa shape index (κ1) is 12.9. The summed E-state index contributed by atoms with van der Waals surface area (Å²) in [6.07, 6.45) is 1.88. The van der Waals surface area contributed by atoms with E-state index >= 15 is 0 Å². The Balaban J connectivity index is 3.39. The number of hydrogen-bond donors (Lipinski definition) is 2. The molecule has 0 aliphatic heterocycles. The minimum atomic E-state index is -0.684. The summed E-state index contributed by atoms with van der Waals surface area (Å²) >= 11 is 0. The van der Waals surface area contributed by atoms with Gasteiger partial charge in [-0.1, -0.05) is 6.92 Å². The predicted molar refractivity (Wildman–Crippen MR) is 54.9 cm³/mol. The molecule has 1 unspecified atom stereocenters. The Labute approximate surface area is 81.5 Å². The molecule has 0 fully saturated rings. The topological polar surface area (TPSA) is 41.5 Å². The zero-order valence-corrected chi connectivity index (χ0v) is 9.10. The van der Waals surface area contributed by atoms with Crippen LogP contribution in [0.25, 0.3) is 0 Å². The first-order valence-electron chi connectivity index (χ1n) is 5.13. The van der Waals surface area contributed by atoms with Gasteiger partial charge in [0.1, 0.15) is 0 Å². The summed E-state index contributed by atoms with van der Waals surface area (Å²) in [5.41, 5.74) is -0.684. The highest BCUT2D eigenvalue weighted by molar-refractivity contribution is 4.72. The average molecular weight is 189 g/mol. The molecule has 0 aromatic rings. The van der Waals surface area contributed by atoms with Crippen molar-refractivity contribution in [3.05, 3.63) is 0 Å². The van der Waals surface area contributed by atoms with Crippen molar-refractivity contribution in [3.8, 4) is 0 Å². The number of rotatable bonds is 8. The molecule has 0 rings (SSSR count). The number of aliphatic hydroxyl groups is 1. The molecule has 13 heavy (non-hydrogen) atoms. The van der Waals surface area contributed by atoms with Crippen molar-refractivity contribution in [2.24, 2.45) is 0 Å². The monoisotopic (exact) mass is 189 g/mol. The van der Waals surface area contributed by atoms with Crippen LogP contribution < -0.4 is 5.32 Å². The van der Waals surface area contributed by atoms with Gasteiger partial charge in [-0.05, 0) is 39.8 Å². The van der Waals surface area contributed by atoms with Crippen molar-refractivity contribution in [3.63, 3.8) is 0 Å². The van der Waals surface area contributed by atoms with E-state index in [0.717, 1.165) is 25.9 Å². The molecule has 0 aliphatic rings. The zero-order valence-electron chi connectivity index (χ0n) is 9.10. The Morgan fingerprint density at radius 1 is 1.31 bits per heavy atom. The summed E-state index contributed by atoms with van der Waals surface area (Å²) in [6.45, 7) is 8.85. The van der Waals surface area contributed by atoms with Crippen LogP contribution in [0.15, 0.2) is 0 Å². The molecule has 0 saturated heterocycles. The predicted octanol–water partition coefficient (Wildman–Crippen LogP) is 1.16. The van der Waals surface area contributed by atoms with E-state index in [1.807, 2.05) is 13.8 Å². The van der Waals surface area contributed by atoms with Crippen molar-refractivity contribution in [1.29, 1.82) is 0 Å². The maximum absolute atomic E-state index is 9.78. The summed E-state index contributed by atoms with van der Waals surface area (Å²) in [4.78, 5) is 0. The van der Waals surface area contributed by atoms with E-state index in [4.69, 9.17) is 4.74 Å². The van der Waals surface area contributed by atoms with Gasteiger partial charge in [-0.3, -0.25) is 0 Å². The van der Waals surface area contributed by atoms with E-state index in [9.17, 15) is 5.11 Å². The maximum Gasteiger partial charge on any atom is 0.0864 e. The van der Waals surface area contributed by atoms with E-state index in [-0.39, 0.29) is 0 Å². The van der Waals surface area contributed by atoms with Gasteiger partial charge in [-0.25, -0.2) is 0 Å². The first-order chi connectivity index (χ1) is 6.12. The largest absolute Gasteiger partial charge is 0.388 e. The summed E-state index contributed by atoms with van der Waals surface area (Å²) in [6, 6.07) is 0. The normalized spacial score (nSPS) is 15.7. The molecule has 0 saturated carbocycles. The van der Waals surface area contributed by atoms with E-state index in [1.165, 1.54) is 0 Å². The van der Waals surface area contributed by atoms with Gasteiger partial charge in [0.2, 0.25) is 0 Å². The smallest absolute Gasteiger partial charge is 0.0864 e. The minimum Gasteiger partial charge on any atom is -0.388 e. The molecule has 0 spiro atoms. The lowest BCUT2D eigenvalue weighted by molar-refractivity contribution is -0.0350. The number of nitrogens with one attached hydrogen (secondary N) is 1. The third-order valence-corrected chi connectivity index (χ3v) is 1.88. The Bertz CT molecular complexity index is 115. The number of hydrogen-bond acceptors (Lipinski definition) is 3. The van der Waals surface area contributed by atoms with Gasteiger partial charge in [0.25, 0.3) is 0 Å². The highest BCUT2D eigenvalue weighted by Gasteiger charge is 2.19. The lowest BCUT2D eigenvalue weighted by Gasteiger charge is -2.22. The van der Waals surface area contributed by atoms with Crippen LogP contribution in [-0.2, 0) is 4.74 Å². The van der Waals surface area contributed by atoms with Crippen LogP contribution in [0.4, 0.5) is 0 Å². The highest BCUT2D eigenvalue weighted by atomic mass is 16.5. The molecule has 3 heteroatoms. The fourth-order valence-corrected chi connectivity index (χ4v) is 1.05. The number of ether oxygens (including phenoxy) is 1. The molecular formula is C10H23NO2. The third kappa shape index (κ3) is 8.22. The van der Waals surface area contributed by atoms with Crippen molar-refractivity contribution in [1.82, 2.24) is 5.32 Å². The lowest BCUT2D eigenvalue weighted by Crippen LogP contribution is -2.34. The van der Waals surface area contributed by atoms with Crippen LogP contribution in [0.1, 0.15) is 33.6 Å². The van der Waals surface area contributed by atoms with Crippen LogP contribution in [0.2, 0.25) is 0 Å². The Morgan fingerprint density at radius 2 is 2.00 bits per heavy atom. The molecule has 80 valence electrons. The summed E-state index contributed by atoms with van der Waals surface area (Å²) in [5, 5.41) is 13.0. The van der Waals surface area contributed by atoms with E-state index in [2.05, 4.69) is 12.2 Å². The SMILES string of the molecule is CCCNCCC(C)(O)COCC. The van der Waals surface area contributed by atoms with Gasteiger partial charge >= 0.3 is 0 Å². The zero-order chi connectivity index (χ0) is 10.2. The van der Waals surface area contributed by atoms with Crippen LogP contribution in [0, 0.1) is 0 Å². The second-order valence-electron chi connectivity index (χ2n) is 3.63. The van der Waals surface area contributed by atoms with Gasteiger partial charge < -0.3 is 15.2 Å². The van der Waals surface area contributed by atoms with Crippen molar-refractivity contribution < 1.29 is 9.84 Å². The summed E-state index contributed by atoms with van der Waals surface area (Å²) in [5.74, 6) is 0. The molecular weight excluding hydrogens is 166 g/mol. The standard InChI is InChI=1S/C10H23NO2/c1-4-7-11-8-6-10(3,12)9-13-5-2/h11-12H,4-9H2,1-3H3. The Morgan fingerprint density at radius 3 is 2.54 bits per heavy atom. The quantitative estimate of drug-likeness (QED) is 0.563. The molecule has 0 radical (unpaired) electrons.